The van der Waals surface area contributed by atoms with E-state index in [-0.39, 0.29) is 22.8 Å². The van der Waals surface area contributed by atoms with Gasteiger partial charge in [-0.3, -0.25) is 4.79 Å². The minimum Gasteiger partial charge on any atom is -0.341 e. The predicted octanol–water partition coefficient (Wildman–Crippen LogP) is 2.14. The molecule has 1 heterocycles. The summed E-state index contributed by atoms with van der Waals surface area (Å²) < 4.78 is 40.5. The van der Waals surface area contributed by atoms with Crippen LogP contribution >= 0.6 is 0 Å². The lowest BCUT2D eigenvalue weighted by molar-refractivity contribution is -0.133. The van der Waals surface area contributed by atoms with Gasteiger partial charge >= 0.3 is 0 Å². The minimum atomic E-state index is -3.78. The average molecular weight is 342 g/mol. The third-order valence-electron chi connectivity index (χ3n) is 3.79. The number of carbonyl (C=O) groups is 1. The fraction of sp³-hybridized carbons (Fsp3) is 0.562. The van der Waals surface area contributed by atoms with Crippen LogP contribution in [0.3, 0.4) is 0 Å². The maximum absolute atomic E-state index is 13.2. The first-order valence-corrected chi connectivity index (χ1v) is 9.32. The van der Waals surface area contributed by atoms with Gasteiger partial charge in [-0.15, -0.1) is 0 Å². The van der Waals surface area contributed by atoms with Gasteiger partial charge in [-0.05, 0) is 37.0 Å². The molecule has 1 aromatic rings. The van der Waals surface area contributed by atoms with E-state index in [0.29, 0.717) is 25.9 Å². The molecule has 1 unspecified atom stereocenters. The van der Waals surface area contributed by atoms with Crippen molar-refractivity contribution in [1.82, 2.24) is 9.62 Å². The number of piperidine rings is 1. The second kappa shape index (κ2) is 7.40. The summed E-state index contributed by atoms with van der Waals surface area (Å²) in [5.41, 5.74) is 0. The van der Waals surface area contributed by atoms with Crippen molar-refractivity contribution in [2.45, 2.75) is 44.0 Å². The minimum absolute atomic E-state index is 0.0506. The summed E-state index contributed by atoms with van der Waals surface area (Å²) in [5, 5.41) is 0. The predicted molar refractivity (Wildman–Crippen MR) is 85.8 cm³/mol. The number of hydrogen-bond acceptors (Lipinski definition) is 3. The number of nitrogens with zero attached hydrogens (tertiary/aromatic N) is 1. The molecule has 1 aromatic carbocycles. The Balaban J connectivity index is 2.03. The van der Waals surface area contributed by atoms with Crippen LogP contribution in [0.5, 0.6) is 0 Å². The molecule has 1 N–H and O–H groups in total. The summed E-state index contributed by atoms with van der Waals surface area (Å²) in [6, 6.07) is 4.57. The highest BCUT2D eigenvalue weighted by Crippen LogP contribution is 2.17. The summed E-state index contributed by atoms with van der Waals surface area (Å²) in [4.78, 5) is 13.7. The Labute approximate surface area is 136 Å². The number of halogens is 1. The molecule has 0 radical (unpaired) electrons. The molecule has 128 valence electrons. The van der Waals surface area contributed by atoms with E-state index in [1.807, 2.05) is 13.8 Å². The number of sulfonamides is 1. The first-order chi connectivity index (χ1) is 10.8. The summed E-state index contributed by atoms with van der Waals surface area (Å²) in [7, 11) is -3.78. The Morgan fingerprint density at radius 1 is 1.43 bits per heavy atom. The van der Waals surface area contributed by atoms with Gasteiger partial charge in [0.05, 0.1) is 4.90 Å². The first-order valence-electron chi connectivity index (χ1n) is 7.83. The van der Waals surface area contributed by atoms with Gasteiger partial charge in [-0.25, -0.2) is 17.5 Å². The Bertz CT molecular complexity index is 661. The van der Waals surface area contributed by atoms with Gasteiger partial charge in [0.2, 0.25) is 15.9 Å². The normalized spacial score (nSPS) is 19.1. The van der Waals surface area contributed by atoms with Gasteiger partial charge in [0.15, 0.2) is 0 Å². The van der Waals surface area contributed by atoms with E-state index in [1.54, 1.807) is 4.90 Å². The van der Waals surface area contributed by atoms with E-state index in [2.05, 4.69) is 4.72 Å². The van der Waals surface area contributed by atoms with Gasteiger partial charge in [0.25, 0.3) is 0 Å². The molecule has 7 heteroatoms. The third kappa shape index (κ3) is 5.00. The number of hydrogen-bond donors (Lipinski definition) is 1. The molecule has 1 aliphatic heterocycles. The van der Waals surface area contributed by atoms with E-state index in [9.17, 15) is 17.6 Å². The second-order valence-electron chi connectivity index (χ2n) is 6.36. The second-order valence-corrected chi connectivity index (χ2v) is 8.07. The van der Waals surface area contributed by atoms with Crippen LogP contribution in [0.2, 0.25) is 0 Å². The molecule has 0 aliphatic carbocycles. The van der Waals surface area contributed by atoms with Gasteiger partial charge in [0, 0.05) is 25.6 Å². The first kappa shape index (κ1) is 17.9. The zero-order chi connectivity index (χ0) is 17.0. The molecule has 1 atom stereocenters. The zero-order valence-electron chi connectivity index (χ0n) is 13.5. The van der Waals surface area contributed by atoms with Crippen LogP contribution in [0.25, 0.3) is 0 Å². The van der Waals surface area contributed by atoms with E-state index in [0.717, 1.165) is 12.5 Å². The number of amides is 1. The van der Waals surface area contributed by atoms with Crippen molar-refractivity contribution >= 4 is 15.9 Å². The quantitative estimate of drug-likeness (QED) is 0.891. The largest absolute Gasteiger partial charge is 0.341 e. The monoisotopic (exact) mass is 342 g/mol. The average Bonchev–Trinajstić information content (AvgIpc) is 2.46. The van der Waals surface area contributed by atoms with Crippen molar-refractivity contribution in [2.75, 3.05) is 13.1 Å². The fourth-order valence-electron chi connectivity index (χ4n) is 2.70. The molecule has 23 heavy (non-hydrogen) atoms. The highest BCUT2D eigenvalue weighted by molar-refractivity contribution is 7.89. The van der Waals surface area contributed by atoms with E-state index in [4.69, 9.17) is 0 Å². The van der Waals surface area contributed by atoms with Gasteiger partial charge in [-0.1, -0.05) is 19.9 Å². The fourth-order valence-corrected chi connectivity index (χ4v) is 3.99. The Hall–Kier alpha value is -1.47. The van der Waals surface area contributed by atoms with Crippen LogP contribution in [0, 0.1) is 11.7 Å². The molecular weight excluding hydrogens is 319 g/mol. The van der Waals surface area contributed by atoms with E-state index >= 15 is 0 Å². The number of rotatable bonds is 5. The highest BCUT2D eigenvalue weighted by Gasteiger charge is 2.27. The van der Waals surface area contributed by atoms with Gasteiger partial charge < -0.3 is 4.90 Å². The third-order valence-corrected chi connectivity index (χ3v) is 5.30. The molecule has 0 saturated carbocycles. The van der Waals surface area contributed by atoms with Crippen LogP contribution < -0.4 is 4.72 Å². The topological polar surface area (TPSA) is 66.5 Å². The number of likely N-dealkylation sites (tertiary alicyclic amines) is 1. The lowest BCUT2D eigenvalue weighted by Gasteiger charge is -2.33. The van der Waals surface area contributed by atoms with Gasteiger partial charge in [0.1, 0.15) is 5.82 Å². The van der Waals surface area contributed by atoms with Crippen LogP contribution in [0.15, 0.2) is 29.2 Å². The molecule has 2 rings (SSSR count). The van der Waals surface area contributed by atoms with Crippen molar-refractivity contribution in [2.24, 2.45) is 5.92 Å². The maximum atomic E-state index is 13.2. The van der Waals surface area contributed by atoms with E-state index < -0.39 is 15.8 Å². The van der Waals surface area contributed by atoms with Crippen molar-refractivity contribution < 1.29 is 17.6 Å². The highest BCUT2D eigenvalue weighted by atomic mass is 32.2. The zero-order valence-corrected chi connectivity index (χ0v) is 14.3. The summed E-state index contributed by atoms with van der Waals surface area (Å²) in [5.74, 6) is -0.272. The smallest absolute Gasteiger partial charge is 0.240 e. The summed E-state index contributed by atoms with van der Waals surface area (Å²) >= 11 is 0. The molecule has 1 saturated heterocycles. The summed E-state index contributed by atoms with van der Waals surface area (Å²) in [6.07, 6.45) is 1.88. The lowest BCUT2D eigenvalue weighted by Crippen LogP contribution is -2.49. The van der Waals surface area contributed by atoms with Crippen molar-refractivity contribution in [1.29, 1.82) is 0 Å². The van der Waals surface area contributed by atoms with Crippen LogP contribution in [0.4, 0.5) is 4.39 Å². The van der Waals surface area contributed by atoms with Crippen molar-refractivity contribution in [3.8, 4) is 0 Å². The molecule has 0 aromatic heterocycles. The van der Waals surface area contributed by atoms with Crippen LogP contribution in [0.1, 0.15) is 33.1 Å². The van der Waals surface area contributed by atoms with Gasteiger partial charge in [-0.2, -0.15) is 0 Å². The Morgan fingerprint density at radius 2 is 2.17 bits per heavy atom. The van der Waals surface area contributed by atoms with Crippen LogP contribution in [-0.4, -0.2) is 38.4 Å². The number of carbonyl (C=O) groups excluding carboxylic acids is 1. The van der Waals surface area contributed by atoms with Crippen LogP contribution in [-0.2, 0) is 14.8 Å². The summed E-state index contributed by atoms with van der Waals surface area (Å²) in [6.45, 7) is 4.97. The molecule has 0 spiro atoms. The number of nitrogens with one attached hydrogen (secondary N) is 1. The maximum Gasteiger partial charge on any atom is 0.240 e. The molecule has 1 fully saturated rings. The Morgan fingerprint density at radius 3 is 2.83 bits per heavy atom. The van der Waals surface area contributed by atoms with E-state index in [1.165, 1.54) is 18.2 Å². The van der Waals surface area contributed by atoms with Crippen molar-refractivity contribution in [3.63, 3.8) is 0 Å². The van der Waals surface area contributed by atoms with Crippen molar-refractivity contribution in [3.05, 3.63) is 30.1 Å². The SMILES string of the molecule is CC(C)CC(=O)N1CCCC(NS(=O)(=O)c2cccc(F)c2)C1. The Kier molecular flexibility index (Phi) is 5.75. The molecule has 1 amide bonds. The molecule has 5 nitrogen and oxygen atoms in total. The molecular formula is C16H23FN2O3S. The standard InChI is InChI=1S/C16H23FN2O3S/c1-12(2)9-16(20)19-8-4-6-14(11-19)18-23(21,22)15-7-3-5-13(17)10-15/h3,5,7,10,12,14,18H,4,6,8-9,11H2,1-2H3. The molecule has 1 aliphatic rings. The number of benzene rings is 1. The lowest BCUT2D eigenvalue weighted by atomic mass is 10.0. The molecule has 0 bridgehead atoms.